The number of para-hydroxylation sites is 1. The van der Waals surface area contributed by atoms with Gasteiger partial charge in [-0.1, -0.05) is 18.2 Å². The molecule has 0 saturated carbocycles. The molecule has 3 rings (SSSR count). The molecule has 5 nitrogen and oxygen atoms in total. The number of hydrogen-bond donors (Lipinski definition) is 0. The first-order valence-corrected chi connectivity index (χ1v) is 7.32. The largest absolute Gasteiger partial charge is 0.378 e. The molecule has 0 unspecified atom stereocenters. The minimum atomic E-state index is -0.282. The maximum atomic E-state index is 12.5. The third-order valence-corrected chi connectivity index (χ3v) is 3.94. The summed E-state index contributed by atoms with van der Waals surface area (Å²) in [5, 5.41) is 0. The second-order valence-electron chi connectivity index (χ2n) is 5.26. The van der Waals surface area contributed by atoms with Crippen LogP contribution in [0.5, 0.6) is 0 Å². The van der Waals surface area contributed by atoms with Gasteiger partial charge in [-0.25, -0.2) is 0 Å². The van der Waals surface area contributed by atoms with E-state index in [9.17, 15) is 9.59 Å². The zero-order valence-electron chi connectivity index (χ0n) is 12.5. The van der Waals surface area contributed by atoms with E-state index in [2.05, 4.69) is 4.90 Å². The number of aldehydes is 1. The lowest BCUT2D eigenvalue weighted by molar-refractivity contribution is 0.112. The Kier molecular flexibility index (Phi) is 4.06. The topological polar surface area (TPSA) is 51.5 Å². The second-order valence-corrected chi connectivity index (χ2v) is 5.26. The summed E-state index contributed by atoms with van der Waals surface area (Å²) in [7, 11) is 0. The molecule has 1 aromatic heterocycles. The summed E-state index contributed by atoms with van der Waals surface area (Å²) in [6.07, 6.45) is 0.630. The monoisotopic (exact) mass is 298 g/mol. The van der Waals surface area contributed by atoms with Gasteiger partial charge in [-0.15, -0.1) is 0 Å². The predicted octanol–water partition coefficient (Wildman–Crippen LogP) is 1.80. The summed E-state index contributed by atoms with van der Waals surface area (Å²) < 4.78 is 6.98. The van der Waals surface area contributed by atoms with Crippen molar-refractivity contribution >= 4 is 12.0 Å². The van der Waals surface area contributed by atoms with Crippen molar-refractivity contribution in [1.82, 2.24) is 4.57 Å². The van der Waals surface area contributed by atoms with Crippen molar-refractivity contribution in [2.75, 3.05) is 31.2 Å². The minimum Gasteiger partial charge on any atom is -0.378 e. The Balaban J connectivity index is 2.20. The van der Waals surface area contributed by atoms with Gasteiger partial charge in [-0.05, 0) is 25.1 Å². The number of nitrogens with zero attached hydrogens (tertiary/aromatic N) is 2. The van der Waals surface area contributed by atoms with Crippen LogP contribution in [-0.4, -0.2) is 37.2 Å². The van der Waals surface area contributed by atoms with Gasteiger partial charge < -0.3 is 9.64 Å². The lowest BCUT2D eigenvalue weighted by atomic mass is 10.1. The van der Waals surface area contributed by atoms with Gasteiger partial charge >= 0.3 is 0 Å². The molecule has 114 valence electrons. The average molecular weight is 298 g/mol. The van der Waals surface area contributed by atoms with E-state index in [4.69, 9.17) is 4.74 Å². The van der Waals surface area contributed by atoms with Crippen LogP contribution in [-0.2, 0) is 4.74 Å². The summed E-state index contributed by atoms with van der Waals surface area (Å²) in [6.45, 7) is 4.73. The number of anilines is 1. The molecule has 1 fully saturated rings. The van der Waals surface area contributed by atoms with E-state index >= 15 is 0 Å². The van der Waals surface area contributed by atoms with E-state index in [1.165, 1.54) is 0 Å². The van der Waals surface area contributed by atoms with Crippen molar-refractivity contribution in [3.8, 4) is 5.69 Å². The van der Waals surface area contributed by atoms with Crippen LogP contribution in [0.4, 0.5) is 5.69 Å². The number of rotatable bonds is 3. The Hall–Kier alpha value is -2.40. The summed E-state index contributed by atoms with van der Waals surface area (Å²) in [4.78, 5) is 26.0. The molecule has 1 aromatic carbocycles. The van der Waals surface area contributed by atoms with Crippen molar-refractivity contribution in [1.29, 1.82) is 0 Å². The summed E-state index contributed by atoms with van der Waals surface area (Å²) in [5.41, 5.74) is 2.41. The number of carbonyl (C=O) groups excluding carboxylic acids is 1. The zero-order valence-corrected chi connectivity index (χ0v) is 12.5. The van der Waals surface area contributed by atoms with Gasteiger partial charge in [0.15, 0.2) is 6.29 Å². The Bertz CT molecular complexity index is 732. The number of hydrogen-bond acceptors (Lipinski definition) is 4. The van der Waals surface area contributed by atoms with Gasteiger partial charge in [0.25, 0.3) is 5.56 Å². The number of pyridine rings is 1. The molecule has 1 aliphatic rings. The van der Waals surface area contributed by atoms with Gasteiger partial charge in [0, 0.05) is 24.5 Å². The van der Waals surface area contributed by atoms with Crippen molar-refractivity contribution in [2.24, 2.45) is 0 Å². The van der Waals surface area contributed by atoms with Gasteiger partial charge in [-0.2, -0.15) is 0 Å². The second kappa shape index (κ2) is 6.15. The lowest BCUT2D eigenvalue weighted by Crippen LogP contribution is -2.38. The van der Waals surface area contributed by atoms with E-state index < -0.39 is 0 Å². The Morgan fingerprint density at radius 3 is 2.45 bits per heavy atom. The van der Waals surface area contributed by atoms with Crippen molar-refractivity contribution in [3.63, 3.8) is 0 Å². The lowest BCUT2D eigenvalue weighted by Gasteiger charge is -2.31. The van der Waals surface area contributed by atoms with Crippen LogP contribution in [0, 0.1) is 6.92 Å². The number of ether oxygens (including phenoxy) is 1. The molecular formula is C17H18N2O3. The molecule has 1 aliphatic heterocycles. The SMILES string of the molecule is Cc1c(N2CCOCC2)cc(C=O)c(=O)n1-c1ccccc1. The molecule has 0 aliphatic carbocycles. The maximum Gasteiger partial charge on any atom is 0.266 e. The van der Waals surface area contributed by atoms with E-state index in [1.54, 1.807) is 10.6 Å². The highest BCUT2D eigenvalue weighted by Gasteiger charge is 2.19. The molecule has 2 aromatic rings. The van der Waals surface area contributed by atoms with Crippen LogP contribution in [0.2, 0.25) is 0 Å². The van der Waals surface area contributed by atoms with Gasteiger partial charge in [0.2, 0.25) is 0 Å². The van der Waals surface area contributed by atoms with Crippen molar-refractivity contribution in [3.05, 3.63) is 58.0 Å². The van der Waals surface area contributed by atoms with E-state index in [0.29, 0.717) is 19.5 Å². The Morgan fingerprint density at radius 2 is 1.82 bits per heavy atom. The molecule has 0 radical (unpaired) electrons. The van der Waals surface area contributed by atoms with Gasteiger partial charge in [0.1, 0.15) is 0 Å². The highest BCUT2D eigenvalue weighted by Crippen LogP contribution is 2.23. The molecule has 22 heavy (non-hydrogen) atoms. The summed E-state index contributed by atoms with van der Waals surface area (Å²) in [5.74, 6) is 0. The third-order valence-electron chi connectivity index (χ3n) is 3.94. The summed E-state index contributed by atoms with van der Waals surface area (Å²) >= 11 is 0. The maximum absolute atomic E-state index is 12.5. The quantitative estimate of drug-likeness (QED) is 0.811. The molecular weight excluding hydrogens is 280 g/mol. The fourth-order valence-electron chi connectivity index (χ4n) is 2.81. The van der Waals surface area contributed by atoms with Crippen LogP contribution in [0.1, 0.15) is 16.1 Å². The highest BCUT2D eigenvalue weighted by molar-refractivity contribution is 5.77. The van der Waals surface area contributed by atoms with Crippen LogP contribution in [0.15, 0.2) is 41.2 Å². The Morgan fingerprint density at radius 1 is 1.14 bits per heavy atom. The minimum absolute atomic E-state index is 0.177. The predicted molar refractivity (Wildman–Crippen MR) is 85.2 cm³/mol. The van der Waals surface area contributed by atoms with E-state index in [0.717, 1.165) is 30.2 Å². The molecule has 0 spiro atoms. The third kappa shape index (κ3) is 2.55. The average Bonchev–Trinajstić information content (AvgIpc) is 2.57. The van der Waals surface area contributed by atoms with Crippen molar-refractivity contribution in [2.45, 2.75) is 6.92 Å². The number of aromatic nitrogens is 1. The molecule has 0 bridgehead atoms. The first-order chi connectivity index (χ1) is 10.7. The fraction of sp³-hybridized carbons (Fsp3) is 0.294. The van der Waals surface area contributed by atoms with Crippen LogP contribution in [0.3, 0.4) is 0 Å². The number of morpholine rings is 1. The van der Waals surface area contributed by atoms with Gasteiger partial charge in [-0.3, -0.25) is 14.2 Å². The smallest absolute Gasteiger partial charge is 0.266 e. The van der Waals surface area contributed by atoms with Gasteiger partial charge in [0.05, 0.1) is 24.5 Å². The fourth-order valence-corrected chi connectivity index (χ4v) is 2.81. The molecule has 0 amide bonds. The standard InChI is InChI=1S/C17H18N2O3/c1-13-16(18-7-9-22-10-8-18)11-14(12-20)17(21)19(13)15-5-3-2-4-6-15/h2-6,11-12H,7-10H2,1H3. The number of carbonyl (C=O) groups is 1. The molecule has 2 heterocycles. The molecule has 1 saturated heterocycles. The van der Waals surface area contributed by atoms with Crippen LogP contribution in [0.25, 0.3) is 5.69 Å². The normalized spacial score (nSPS) is 14.9. The van der Waals surface area contributed by atoms with Crippen LogP contribution < -0.4 is 10.5 Å². The summed E-state index contributed by atoms with van der Waals surface area (Å²) in [6, 6.07) is 11.1. The van der Waals surface area contributed by atoms with Crippen LogP contribution >= 0.6 is 0 Å². The van der Waals surface area contributed by atoms with E-state index in [-0.39, 0.29) is 11.1 Å². The zero-order chi connectivity index (χ0) is 15.5. The molecule has 0 atom stereocenters. The van der Waals surface area contributed by atoms with E-state index in [1.807, 2.05) is 37.3 Å². The first kappa shape index (κ1) is 14.5. The highest BCUT2D eigenvalue weighted by atomic mass is 16.5. The van der Waals surface area contributed by atoms with Crippen molar-refractivity contribution < 1.29 is 9.53 Å². The number of benzene rings is 1. The Labute approximate surface area is 128 Å². The first-order valence-electron chi connectivity index (χ1n) is 7.32. The molecule has 0 N–H and O–H groups in total. The molecule has 5 heteroatoms.